The molecule has 1 saturated carbocycles. The maximum atomic E-state index is 13.1. The molecule has 1 heterocycles. The molecule has 1 aliphatic heterocycles. The zero-order valence-corrected chi connectivity index (χ0v) is 15.6. The van der Waals surface area contributed by atoms with Crippen molar-refractivity contribution in [2.75, 3.05) is 13.1 Å². The lowest BCUT2D eigenvalue weighted by molar-refractivity contribution is -0.122. The van der Waals surface area contributed by atoms with Gasteiger partial charge in [0.1, 0.15) is 5.82 Å². The SMILES string of the molecule is Cl.O=C(NCCCNC(=O)C1CC2CCCCC2N1)c1cccc(F)c1. The Labute approximate surface area is 159 Å². The summed E-state index contributed by atoms with van der Waals surface area (Å²) < 4.78 is 13.1. The largest absolute Gasteiger partial charge is 0.355 e. The minimum absolute atomic E-state index is 0. The van der Waals surface area contributed by atoms with E-state index < -0.39 is 5.82 Å². The summed E-state index contributed by atoms with van der Waals surface area (Å²) in [5.41, 5.74) is 0.307. The first-order valence-corrected chi connectivity index (χ1v) is 9.21. The summed E-state index contributed by atoms with van der Waals surface area (Å²) >= 11 is 0. The highest BCUT2D eigenvalue weighted by molar-refractivity contribution is 5.94. The van der Waals surface area contributed by atoms with Gasteiger partial charge in [0.15, 0.2) is 0 Å². The molecule has 0 radical (unpaired) electrons. The topological polar surface area (TPSA) is 70.2 Å². The molecular formula is C19H27ClFN3O2. The highest BCUT2D eigenvalue weighted by Gasteiger charge is 2.37. The minimum Gasteiger partial charge on any atom is -0.355 e. The van der Waals surface area contributed by atoms with Crippen LogP contribution < -0.4 is 16.0 Å². The summed E-state index contributed by atoms with van der Waals surface area (Å²) in [5.74, 6) is -0.0159. The summed E-state index contributed by atoms with van der Waals surface area (Å²) in [4.78, 5) is 24.1. The second-order valence-corrected chi connectivity index (χ2v) is 7.02. The van der Waals surface area contributed by atoms with Crippen molar-refractivity contribution >= 4 is 24.2 Å². The van der Waals surface area contributed by atoms with Gasteiger partial charge in [0.05, 0.1) is 6.04 Å². The van der Waals surface area contributed by atoms with Gasteiger partial charge in [-0.25, -0.2) is 4.39 Å². The first-order chi connectivity index (χ1) is 12.1. The third kappa shape index (κ3) is 5.42. The van der Waals surface area contributed by atoms with E-state index in [2.05, 4.69) is 16.0 Å². The van der Waals surface area contributed by atoms with Gasteiger partial charge in [-0.2, -0.15) is 0 Å². The van der Waals surface area contributed by atoms with E-state index in [0.717, 1.165) is 6.42 Å². The van der Waals surface area contributed by atoms with Crippen molar-refractivity contribution < 1.29 is 14.0 Å². The molecule has 2 aliphatic rings. The highest BCUT2D eigenvalue weighted by Crippen LogP contribution is 2.33. The molecule has 1 saturated heterocycles. The first-order valence-electron chi connectivity index (χ1n) is 9.21. The van der Waals surface area contributed by atoms with Crippen LogP contribution >= 0.6 is 12.4 Å². The molecule has 5 nitrogen and oxygen atoms in total. The third-order valence-corrected chi connectivity index (χ3v) is 5.20. The molecular weight excluding hydrogens is 357 g/mol. The molecule has 3 N–H and O–H groups in total. The Balaban J connectivity index is 0.00000243. The van der Waals surface area contributed by atoms with Gasteiger partial charge in [-0.05, 0) is 49.8 Å². The van der Waals surface area contributed by atoms with E-state index in [-0.39, 0.29) is 30.3 Å². The number of carbonyl (C=O) groups is 2. The molecule has 3 rings (SSSR count). The van der Waals surface area contributed by atoms with E-state index in [1.54, 1.807) is 6.07 Å². The van der Waals surface area contributed by atoms with Gasteiger partial charge in [0, 0.05) is 24.7 Å². The van der Waals surface area contributed by atoms with Crippen LogP contribution in [0.2, 0.25) is 0 Å². The Morgan fingerprint density at radius 2 is 1.92 bits per heavy atom. The van der Waals surface area contributed by atoms with Gasteiger partial charge in [-0.1, -0.05) is 18.9 Å². The Hall–Kier alpha value is -1.66. The molecule has 0 spiro atoms. The van der Waals surface area contributed by atoms with E-state index in [9.17, 15) is 14.0 Å². The zero-order valence-electron chi connectivity index (χ0n) is 14.8. The quantitative estimate of drug-likeness (QED) is 0.661. The Morgan fingerprint density at radius 1 is 1.15 bits per heavy atom. The van der Waals surface area contributed by atoms with Gasteiger partial charge >= 0.3 is 0 Å². The number of hydrogen-bond donors (Lipinski definition) is 3. The van der Waals surface area contributed by atoms with Gasteiger partial charge < -0.3 is 16.0 Å². The summed E-state index contributed by atoms with van der Waals surface area (Å²) in [5, 5.41) is 9.14. The van der Waals surface area contributed by atoms with Crippen LogP contribution in [0.5, 0.6) is 0 Å². The fourth-order valence-electron chi connectivity index (χ4n) is 3.88. The molecule has 0 aromatic heterocycles. The van der Waals surface area contributed by atoms with Crippen molar-refractivity contribution in [3.63, 3.8) is 0 Å². The lowest BCUT2D eigenvalue weighted by Crippen LogP contribution is -2.43. The second kappa shape index (κ2) is 9.88. The predicted molar refractivity (Wildman–Crippen MR) is 101 cm³/mol. The number of rotatable bonds is 6. The smallest absolute Gasteiger partial charge is 0.251 e. The average Bonchev–Trinajstić information content (AvgIpc) is 3.05. The number of fused-ring (bicyclic) bond motifs is 1. The van der Waals surface area contributed by atoms with Crippen LogP contribution in [0.4, 0.5) is 4.39 Å². The van der Waals surface area contributed by atoms with Crippen LogP contribution in [-0.2, 0) is 4.79 Å². The fourth-order valence-corrected chi connectivity index (χ4v) is 3.88. The van der Waals surface area contributed by atoms with Crippen LogP contribution in [0.1, 0.15) is 48.9 Å². The van der Waals surface area contributed by atoms with Gasteiger partial charge in [-0.3, -0.25) is 9.59 Å². The lowest BCUT2D eigenvalue weighted by atomic mass is 9.85. The fraction of sp³-hybridized carbons (Fsp3) is 0.579. The Morgan fingerprint density at radius 3 is 2.69 bits per heavy atom. The summed E-state index contributed by atoms with van der Waals surface area (Å²) in [6, 6.07) is 6.04. The van der Waals surface area contributed by atoms with Crippen molar-refractivity contribution in [1.82, 2.24) is 16.0 Å². The standard InChI is InChI=1S/C19H26FN3O2.ClH/c20-15-7-3-6-14(11-15)18(24)21-9-4-10-22-19(25)17-12-13-5-1-2-8-16(13)23-17;/h3,6-7,11,13,16-17,23H,1-2,4-5,8-10,12H2,(H,21,24)(H,22,25);1H. The molecule has 2 amide bonds. The van der Waals surface area contributed by atoms with E-state index >= 15 is 0 Å². The monoisotopic (exact) mass is 383 g/mol. The normalized spacial score (nSPS) is 24.3. The molecule has 0 bridgehead atoms. The van der Waals surface area contributed by atoms with Gasteiger partial charge in [-0.15, -0.1) is 12.4 Å². The number of benzene rings is 1. The highest BCUT2D eigenvalue weighted by atomic mass is 35.5. The third-order valence-electron chi connectivity index (χ3n) is 5.20. The van der Waals surface area contributed by atoms with Crippen molar-refractivity contribution in [2.45, 2.75) is 50.6 Å². The van der Waals surface area contributed by atoms with E-state index in [1.165, 1.54) is 43.9 Å². The molecule has 1 aromatic carbocycles. The van der Waals surface area contributed by atoms with Crippen molar-refractivity contribution in [3.8, 4) is 0 Å². The predicted octanol–water partition coefficient (Wildman–Crippen LogP) is 2.40. The number of nitrogens with one attached hydrogen (secondary N) is 3. The molecule has 144 valence electrons. The van der Waals surface area contributed by atoms with Crippen LogP contribution in [0.15, 0.2) is 24.3 Å². The first kappa shape index (κ1) is 20.6. The summed E-state index contributed by atoms with van der Waals surface area (Å²) in [7, 11) is 0. The zero-order chi connectivity index (χ0) is 17.6. The minimum atomic E-state index is -0.426. The van der Waals surface area contributed by atoms with E-state index in [4.69, 9.17) is 0 Å². The van der Waals surface area contributed by atoms with Crippen LogP contribution in [-0.4, -0.2) is 37.0 Å². The summed E-state index contributed by atoms with van der Waals surface area (Å²) in [6.07, 6.45) is 6.53. The molecule has 7 heteroatoms. The number of amides is 2. The Kier molecular flexibility index (Phi) is 7.85. The molecule has 3 unspecified atom stereocenters. The summed E-state index contributed by atoms with van der Waals surface area (Å²) in [6.45, 7) is 0.967. The van der Waals surface area contributed by atoms with E-state index in [1.807, 2.05) is 0 Å². The Bertz CT molecular complexity index is 615. The van der Waals surface area contributed by atoms with Crippen molar-refractivity contribution in [3.05, 3.63) is 35.6 Å². The number of carbonyl (C=O) groups excluding carboxylic acids is 2. The molecule has 3 atom stereocenters. The molecule has 1 aliphatic carbocycles. The molecule has 2 fully saturated rings. The number of halogens is 2. The van der Waals surface area contributed by atoms with E-state index in [0.29, 0.717) is 37.0 Å². The van der Waals surface area contributed by atoms with Crippen LogP contribution in [0.25, 0.3) is 0 Å². The van der Waals surface area contributed by atoms with Gasteiger partial charge in [0.25, 0.3) is 5.91 Å². The van der Waals surface area contributed by atoms with Crippen LogP contribution in [0, 0.1) is 11.7 Å². The molecule has 1 aromatic rings. The average molecular weight is 384 g/mol. The van der Waals surface area contributed by atoms with Crippen molar-refractivity contribution in [2.24, 2.45) is 5.92 Å². The second-order valence-electron chi connectivity index (χ2n) is 7.02. The number of hydrogen-bond acceptors (Lipinski definition) is 3. The lowest BCUT2D eigenvalue weighted by Gasteiger charge is -2.24. The van der Waals surface area contributed by atoms with Crippen molar-refractivity contribution in [1.29, 1.82) is 0 Å². The van der Waals surface area contributed by atoms with Crippen LogP contribution in [0.3, 0.4) is 0 Å². The maximum absolute atomic E-state index is 13.1. The maximum Gasteiger partial charge on any atom is 0.251 e. The molecule has 26 heavy (non-hydrogen) atoms. The van der Waals surface area contributed by atoms with Gasteiger partial charge in [0.2, 0.25) is 5.91 Å².